The second kappa shape index (κ2) is 7.39. The summed E-state index contributed by atoms with van der Waals surface area (Å²) in [6.45, 7) is 0. The number of aromatic carboxylic acids is 1. The zero-order valence-corrected chi connectivity index (χ0v) is 13.9. The molecule has 1 aromatic heterocycles. The number of benzene rings is 2. The molecule has 0 radical (unpaired) electrons. The van der Waals surface area contributed by atoms with Gasteiger partial charge in [0.2, 0.25) is 0 Å². The van der Waals surface area contributed by atoms with E-state index in [2.05, 4.69) is 20.6 Å². The first-order valence-electron chi connectivity index (χ1n) is 7.69. The van der Waals surface area contributed by atoms with Crippen molar-refractivity contribution < 1.29 is 14.6 Å². The van der Waals surface area contributed by atoms with Crippen LogP contribution in [0.4, 0.5) is 28.7 Å². The highest BCUT2D eigenvalue weighted by Gasteiger charge is 2.09. The minimum absolute atomic E-state index is 0.202. The van der Waals surface area contributed by atoms with Gasteiger partial charge in [0.15, 0.2) is 11.6 Å². The molecule has 26 heavy (non-hydrogen) atoms. The molecule has 8 heteroatoms. The summed E-state index contributed by atoms with van der Waals surface area (Å²) in [7, 11) is 1.60. The quantitative estimate of drug-likeness (QED) is 0.534. The van der Waals surface area contributed by atoms with Crippen LogP contribution >= 0.6 is 0 Å². The lowest BCUT2D eigenvalue weighted by molar-refractivity contribution is 0.0697. The molecule has 0 unspecified atom stereocenters. The maximum atomic E-state index is 10.9. The van der Waals surface area contributed by atoms with Gasteiger partial charge in [0, 0.05) is 11.4 Å². The molecule has 5 N–H and O–H groups in total. The molecule has 3 rings (SSSR count). The van der Waals surface area contributed by atoms with Gasteiger partial charge < -0.3 is 26.2 Å². The molecule has 0 amide bonds. The van der Waals surface area contributed by atoms with Crippen LogP contribution in [0.15, 0.2) is 54.9 Å². The third-order valence-corrected chi connectivity index (χ3v) is 3.63. The van der Waals surface area contributed by atoms with E-state index in [1.54, 1.807) is 19.2 Å². The van der Waals surface area contributed by atoms with Crippen molar-refractivity contribution in [2.24, 2.45) is 0 Å². The molecule has 2 aromatic carbocycles. The fourth-order valence-corrected chi connectivity index (χ4v) is 2.24. The van der Waals surface area contributed by atoms with E-state index in [1.165, 1.54) is 18.5 Å². The molecule has 0 atom stereocenters. The van der Waals surface area contributed by atoms with Crippen LogP contribution < -0.4 is 21.1 Å². The van der Waals surface area contributed by atoms with Crippen LogP contribution in [0.2, 0.25) is 0 Å². The summed E-state index contributed by atoms with van der Waals surface area (Å²) in [6, 6.07) is 13.6. The van der Waals surface area contributed by atoms with Gasteiger partial charge in [0.05, 0.1) is 12.7 Å². The van der Waals surface area contributed by atoms with Crippen LogP contribution in [0, 0.1) is 0 Å². The highest BCUT2D eigenvalue weighted by molar-refractivity contribution is 5.88. The minimum Gasteiger partial charge on any atom is -0.497 e. The molecule has 8 nitrogen and oxygen atoms in total. The summed E-state index contributed by atoms with van der Waals surface area (Å²) < 4.78 is 5.13. The van der Waals surface area contributed by atoms with Crippen LogP contribution in [-0.2, 0) is 0 Å². The minimum atomic E-state index is -0.982. The number of anilines is 5. The molecular formula is C18H17N5O3. The molecule has 1 heterocycles. The molecule has 0 aliphatic carbocycles. The van der Waals surface area contributed by atoms with Gasteiger partial charge >= 0.3 is 5.97 Å². The number of carboxylic acids is 1. The number of carbonyl (C=O) groups is 1. The molecule has 0 aliphatic rings. The summed E-state index contributed by atoms with van der Waals surface area (Å²) in [6.07, 6.45) is 1.39. The molecule has 0 saturated heterocycles. The Hall–Kier alpha value is -3.81. The number of carboxylic acid groups (broad SMARTS) is 1. The normalized spacial score (nSPS) is 10.2. The van der Waals surface area contributed by atoms with E-state index in [9.17, 15) is 4.79 Å². The van der Waals surface area contributed by atoms with Crippen molar-refractivity contribution in [2.75, 3.05) is 23.5 Å². The maximum Gasteiger partial charge on any atom is 0.335 e. The van der Waals surface area contributed by atoms with Crippen LogP contribution in [0.3, 0.4) is 0 Å². The van der Waals surface area contributed by atoms with Gasteiger partial charge in [-0.1, -0.05) is 0 Å². The van der Waals surface area contributed by atoms with Crippen LogP contribution in [0.25, 0.3) is 0 Å². The lowest BCUT2D eigenvalue weighted by Gasteiger charge is -2.13. The average Bonchev–Trinajstić information content (AvgIpc) is 2.66. The summed E-state index contributed by atoms with van der Waals surface area (Å²) in [5.74, 6) is 0.636. The largest absolute Gasteiger partial charge is 0.497 e. The third-order valence-electron chi connectivity index (χ3n) is 3.63. The zero-order valence-electron chi connectivity index (χ0n) is 13.9. The van der Waals surface area contributed by atoms with Gasteiger partial charge in [-0.2, -0.15) is 0 Å². The first-order valence-corrected chi connectivity index (χ1v) is 7.69. The van der Waals surface area contributed by atoms with Crippen LogP contribution in [-0.4, -0.2) is 28.2 Å². The molecule has 0 bridgehead atoms. The van der Waals surface area contributed by atoms with Crippen molar-refractivity contribution in [3.63, 3.8) is 0 Å². The number of hydrogen-bond donors (Lipinski definition) is 4. The van der Waals surface area contributed by atoms with Gasteiger partial charge in [-0.25, -0.2) is 14.8 Å². The Labute approximate surface area is 149 Å². The molecule has 132 valence electrons. The third kappa shape index (κ3) is 3.81. The van der Waals surface area contributed by atoms with E-state index in [1.807, 2.05) is 24.3 Å². The lowest BCUT2D eigenvalue weighted by atomic mass is 10.2. The predicted octanol–water partition coefficient (Wildman–Crippen LogP) is 3.25. The Morgan fingerprint density at radius 2 is 1.46 bits per heavy atom. The topological polar surface area (TPSA) is 122 Å². The lowest BCUT2D eigenvalue weighted by Crippen LogP contribution is -2.05. The highest BCUT2D eigenvalue weighted by Crippen LogP contribution is 2.28. The van der Waals surface area contributed by atoms with Crippen LogP contribution in [0.5, 0.6) is 5.75 Å². The summed E-state index contributed by atoms with van der Waals surface area (Å²) in [5.41, 5.74) is 8.15. The first-order chi connectivity index (χ1) is 12.6. The fourth-order valence-electron chi connectivity index (χ4n) is 2.24. The predicted molar refractivity (Wildman–Crippen MR) is 99.4 cm³/mol. The van der Waals surface area contributed by atoms with Gasteiger partial charge in [0.25, 0.3) is 0 Å². The van der Waals surface area contributed by atoms with Crippen molar-refractivity contribution in [3.05, 3.63) is 60.4 Å². The van der Waals surface area contributed by atoms with Gasteiger partial charge in [-0.3, -0.25) is 0 Å². The molecule has 0 saturated carbocycles. The van der Waals surface area contributed by atoms with E-state index < -0.39 is 5.97 Å². The summed E-state index contributed by atoms with van der Waals surface area (Å²) >= 11 is 0. The summed E-state index contributed by atoms with van der Waals surface area (Å²) in [4.78, 5) is 19.2. The van der Waals surface area contributed by atoms with Crippen molar-refractivity contribution in [3.8, 4) is 5.75 Å². The number of rotatable bonds is 6. The molecule has 0 fully saturated rings. The van der Waals surface area contributed by atoms with Gasteiger partial charge in [-0.05, 0) is 48.5 Å². The van der Waals surface area contributed by atoms with E-state index in [4.69, 9.17) is 15.6 Å². The van der Waals surface area contributed by atoms with Crippen molar-refractivity contribution in [1.29, 1.82) is 0 Å². The van der Waals surface area contributed by atoms with Crippen molar-refractivity contribution >= 4 is 34.7 Å². The average molecular weight is 351 g/mol. The van der Waals surface area contributed by atoms with E-state index in [0.29, 0.717) is 23.0 Å². The number of nitrogen functional groups attached to an aromatic ring is 1. The molecule has 0 spiro atoms. The maximum absolute atomic E-state index is 10.9. The Kier molecular flexibility index (Phi) is 4.84. The van der Waals surface area contributed by atoms with E-state index in [-0.39, 0.29) is 5.56 Å². The van der Waals surface area contributed by atoms with Gasteiger partial charge in [0.1, 0.15) is 17.8 Å². The number of aromatic nitrogens is 2. The van der Waals surface area contributed by atoms with Crippen LogP contribution in [0.1, 0.15) is 10.4 Å². The number of hydrogen-bond acceptors (Lipinski definition) is 7. The molecule has 3 aromatic rings. The highest BCUT2D eigenvalue weighted by atomic mass is 16.5. The number of methoxy groups -OCH3 is 1. The zero-order chi connectivity index (χ0) is 18.5. The monoisotopic (exact) mass is 351 g/mol. The van der Waals surface area contributed by atoms with Gasteiger partial charge in [-0.15, -0.1) is 0 Å². The first kappa shape index (κ1) is 17.0. The summed E-state index contributed by atoms with van der Waals surface area (Å²) in [5, 5.41) is 15.1. The standard InChI is InChI=1S/C18H17N5O3/c1-26-14-8-6-13(7-9-14)23-17-15(19)16(20-10-21-17)22-12-4-2-11(3-5-12)18(24)25/h2-10H,19H2,1H3,(H,24,25)(H2,20,21,22,23). The Morgan fingerprint density at radius 3 is 1.92 bits per heavy atom. The van der Waals surface area contributed by atoms with E-state index >= 15 is 0 Å². The second-order valence-electron chi connectivity index (χ2n) is 5.35. The van der Waals surface area contributed by atoms with Crippen molar-refractivity contribution in [1.82, 2.24) is 9.97 Å². The second-order valence-corrected chi connectivity index (χ2v) is 5.35. The Balaban J connectivity index is 1.78. The molecule has 0 aliphatic heterocycles. The Morgan fingerprint density at radius 1 is 0.962 bits per heavy atom. The Bertz CT molecular complexity index is 911. The smallest absolute Gasteiger partial charge is 0.335 e. The fraction of sp³-hybridized carbons (Fsp3) is 0.0556. The molecular weight excluding hydrogens is 334 g/mol. The number of nitrogens with zero attached hydrogens (tertiary/aromatic N) is 2. The number of ether oxygens (including phenoxy) is 1. The SMILES string of the molecule is COc1ccc(Nc2ncnc(Nc3ccc(C(=O)O)cc3)c2N)cc1. The number of nitrogens with one attached hydrogen (secondary N) is 2. The number of nitrogens with two attached hydrogens (primary N) is 1. The van der Waals surface area contributed by atoms with E-state index in [0.717, 1.165) is 11.4 Å². The van der Waals surface area contributed by atoms with Crippen molar-refractivity contribution in [2.45, 2.75) is 0 Å².